The fraction of sp³-hybridized carbons (Fsp3) is 0.429. The Labute approximate surface area is 137 Å². The molecule has 0 aromatic heterocycles. The number of carbonyl (C=O) groups excluding carboxylic acids is 2. The number of halogens is 1. The van der Waals surface area contributed by atoms with Gasteiger partial charge in [-0.25, -0.2) is 0 Å². The second-order valence-corrected chi connectivity index (χ2v) is 6.50. The number of hydrogen-bond acceptors (Lipinski definition) is 5. The van der Waals surface area contributed by atoms with Gasteiger partial charge in [0.2, 0.25) is 5.91 Å². The highest BCUT2D eigenvalue weighted by Crippen LogP contribution is 2.20. The van der Waals surface area contributed by atoms with Gasteiger partial charge in [0.1, 0.15) is 6.04 Å². The first-order valence-electron chi connectivity index (χ1n) is 6.41. The van der Waals surface area contributed by atoms with Crippen molar-refractivity contribution < 1.29 is 14.3 Å². The second-order valence-electron chi connectivity index (χ2n) is 4.48. The van der Waals surface area contributed by atoms with E-state index in [0.29, 0.717) is 17.9 Å². The molecule has 0 heterocycles. The summed E-state index contributed by atoms with van der Waals surface area (Å²) in [5.41, 5.74) is 7.41. The van der Waals surface area contributed by atoms with Crippen molar-refractivity contribution in [3.05, 3.63) is 28.2 Å². The van der Waals surface area contributed by atoms with Crippen molar-refractivity contribution >= 4 is 45.3 Å². The van der Waals surface area contributed by atoms with E-state index in [0.717, 1.165) is 15.7 Å². The maximum Gasteiger partial charge on any atom is 0.322 e. The Morgan fingerprint density at radius 3 is 2.81 bits per heavy atom. The lowest BCUT2D eigenvalue weighted by Crippen LogP contribution is -2.32. The van der Waals surface area contributed by atoms with Gasteiger partial charge in [-0.05, 0) is 42.9 Å². The summed E-state index contributed by atoms with van der Waals surface area (Å²) in [6, 6.07) is 5.05. The molecule has 0 bridgehead atoms. The van der Waals surface area contributed by atoms with E-state index in [1.807, 2.05) is 25.1 Å². The third-order valence-corrected chi connectivity index (χ3v) is 4.26. The SMILES string of the molecule is COC(=O)C(N)CCSCC(=O)Nc1ccc(Br)cc1C. The Kier molecular flexibility index (Phi) is 7.77. The predicted molar refractivity (Wildman–Crippen MR) is 89.4 cm³/mol. The van der Waals surface area contributed by atoms with Gasteiger partial charge in [0.25, 0.3) is 0 Å². The number of nitrogens with one attached hydrogen (secondary N) is 1. The molecule has 0 spiro atoms. The zero-order valence-corrected chi connectivity index (χ0v) is 14.4. The molecule has 0 saturated heterocycles. The van der Waals surface area contributed by atoms with Gasteiger partial charge in [-0.2, -0.15) is 11.8 Å². The molecule has 1 rings (SSSR count). The zero-order valence-electron chi connectivity index (χ0n) is 12.0. The monoisotopic (exact) mass is 374 g/mol. The lowest BCUT2D eigenvalue weighted by atomic mass is 10.2. The van der Waals surface area contributed by atoms with E-state index in [2.05, 4.69) is 26.0 Å². The van der Waals surface area contributed by atoms with Crippen LogP contribution < -0.4 is 11.1 Å². The Hall–Kier alpha value is -1.05. The number of thioether (sulfide) groups is 1. The first kappa shape index (κ1) is 18.0. The number of esters is 1. The van der Waals surface area contributed by atoms with Crippen molar-refractivity contribution in [2.75, 3.05) is 23.9 Å². The van der Waals surface area contributed by atoms with Crippen molar-refractivity contribution in [2.45, 2.75) is 19.4 Å². The van der Waals surface area contributed by atoms with Crippen LogP contribution in [0.5, 0.6) is 0 Å². The Bertz CT molecular complexity index is 511. The number of carbonyl (C=O) groups is 2. The first-order valence-corrected chi connectivity index (χ1v) is 8.36. The van der Waals surface area contributed by atoms with E-state index in [9.17, 15) is 9.59 Å². The fourth-order valence-electron chi connectivity index (χ4n) is 1.60. The van der Waals surface area contributed by atoms with E-state index >= 15 is 0 Å². The van der Waals surface area contributed by atoms with Crippen molar-refractivity contribution in [3.8, 4) is 0 Å². The van der Waals surface area contributed by atoms with E-state index in [4.69, 9.17) is 5.73 Å². The lowest BCUT2D eigenvalue weighted by Gasteiger charge is -2.10. The summed E-state index contributed by atoms with van der Waals surface area (Å²) < 4.78 is 5.51. The van der Waals surface area contributed by atoms with Crippen LogP contribution in [0.1, 0.15) is 12.0 Å². The summed E-state index contributed by atoms with van der Waals surface area (Å²) in [6.07, 6.45) is 0.488. The standard InChI is InChI=1S/C14H19BrN2O3S/c1-9-7-10(15)3-4-12(9)17-13(18)8-21-6-5-11(16)14(19)20-2/h3-4,7,11H,5-6,8,16H2,1-2H3,(H,17,18). The van der Waals surface area contributed by atoms with E-state index in [1.54, 1.807) is 0 Å². The minimum atomic E-state index is -0.626. The third kappa shape index (κ3) is 6.50. The number of anilines is 1. The van der Waals surface area contributed by atoms with Gasteiger partial charge in [-0.15, -0.1) is 0 Å². The van der Waals surface area contributed by atoms with Gasteiger partial charge in [0, 0.05) is 10.2 Å². The summed E-state index contributed by atoms with van der Waals surface area (Å²) >= 11 is 4.82. The Morgan fingerprint density at radius 2 is 2.19 bits per heavy atom. The first-order chi connectivity index (χ1) is 9.93. The molecule has 0 radical (unpaired) electrons. The molecular formula is C14H19BrN2O3S. The number of nitrogens with two attached hydrogens (primary N) is 1. The summed E-state index contributed by atoms with van der Waals surface area (Å²) in [7, 11) is 1.31. The fourth-order valence-corrected chi connectivity index (χ4v) is 2.90. The number of amides is 1. The average molecular weight is 375 g/mol. The Balaban J connectivity index is 2.30. The van der Waals surface area contributed by atoms with Crippen molar-refractivity contribution in [3.63, 3.8) is 0 Å². The molecule has 0 aliphatic heterocycles. The van der Waals surface area contributed by atoms with E-state index in [-0.39, 0.29) is 5.91 Å². The van der Waals surface area contributed by atoms with Gasteiger partial charge < -0.3 is 15.8 Å². The zero-order chi connectivity index (χ0) is 15.8. The molecule has 5 nitrogen and oxygen atoms in total. The molecule has 1 aromatic rings. The maximum atomic E-state index is 11.8. The van der Waals surface area contributed by atoms with Crippen LogP contribution in [-0.2, 0) is 14.3 Å². The van der Waals surface area contributed by atoms with Crippen LogP contribution in [0.3, 0.4) is 0 Å². The topological polar surface area (TPSA) is 81.4 Å². The minimum absolute atomic E-state index is 0.0722. The molecule has 21 heavy (non-hydrogen) atoms. The largest absolute Gasteiger partial charge is 0.468 e. The van der Waals surface area contributed by atoms with Crippen LogP contribution in [-0.4, -0.2) is 36.5 Å². The van der Waals surface area contributed by atoms with Crippen LogP contribution in [0.25, 0.3) is 0 Å². The average Bonchev–Trinajstić information content (AvgIpc) is 2.45. The molecule has 0 aliphatic rings. The smallest absolute Gasteiger partial charge is 0.322 e. The number of methoxy groups -OCH3 is 1. The summed E-state index contributed by atoms with van der Waals surface area (Å²) in [6.45, 7) is 1.93. The van der Waals surface area contributed by atoms with Crippen molar-refractivity contribution in [1.29, 1.82) is 0 Å². The predicted octanol–water partition coefficient (Wildman–Crippen LogP) is 2.32. The Morgan fingerprint density at radius 1 is 1.48 bits per heavy atom. The van der Waals surface area contributed by atoms with Gasteiger partial charge in [0.05, 0.1) is 12.9 Å². The number of benzene rings is 1. The van der Waals surface area contributed by atoms with Crippen LogP contribution in [0, 0.1) is 6.92 Å². The van der Waals surface area contributed by atoms with E-state index in [1.165, 1.54) is 18.9 Å². The quantitative estimate of drug-likeness (QED) is 0.565. The van der Waals surface area contributed by atoms with Crippen LogP contribution >= 0.6 is 27.7 Å². The number of aryl methyl sites for hydroxylation is 1. The minimum Gasteiger partial charge on any atom is -0.468 e. The van der Waals surface area contributed by atoms with Crippen LogP contribution in [0.15, 0.2) is 22.7 Å². The molecule has 0 saturated carbocycles. The normalized spacial score (nSPS) is 11.8. The lowest BCUT2D eigenvalue weighted by molar-refractivity contribution is -0.142. The van der Waals surface area contributed by atoms with Crippen LogP contribution in [0.4, 0.5) is 5.69 Å². The van der Waals surface area contributed by atoms with Gasteiger partial charge in [-0.3, -0.25) is 9.59 Å². The molecule has 1 amide bonds. The van der Waals surface area contributed by atoms with E-state index < -0.39 is 12.0 Å². The highest BCUT2D eigenvalue weighted by atomic mass is 79.9. The van der Waals surface area contributed by atoms with Gasteiger partial charge >= 0.3 is 5.97 Å². The summed E-state index contributed by atoms with van der Waals surface area (Å²) in [4.78, 5) is 22.9. The van der Waals surface area contributed by atoms with Crippen molar-refractivity contribution in [1.82, 2.24) is 0 Å². The number of rotatable bonds is 7. The van der Waals surface area contributed by atoms with Gasteiger partial charge in [0.15, 0.2) is 0 Å². The highest BCUT2D eigenvalue weighted by Gasteiger charge is 2.13. The second kappa shape index (κ2) is 9.07. The number of hydrogen-bond donors (Lipinski definition) is 2. The van der Waals surface area contributed by atoms with Crippen molar-refractivity contribution in [2.24, 2.45) is 5.73 Å². The molecule has 3 N–H and O–H groups in total. The molecular weight excluding hydrogens is 356 g/mol. The van der Waals surface area contributed by atoms with Crippen LogP contribution in [0.2, 0.25) is 0 Å². The summed E-state index contributed by atoms with van der Waals surface area (Å²) in [5, 5.41) is 2.86. The molecule has 1 aromatic carbocycles. The molecule has 7 heteroatoms. The highest BCUT2D eigenvalue weighted by molar-refractivity contribution is 9.10. The third-order valence-electron chi connectivity index (χ3n) is 2.77. The molecule has 1 atom stereocenters. The van der Waals surface area contributed by atoms with Gasteiger partial charge in [-0.1, -0.05) is 15.9 Å². The number of ether oxygens (including phenoxy) is 1. The molecule has 116 valence electrons. The molecule has 0 fully saturated rings. The molecule has 1 unspecified atom stereocenters. The maximum absolute atomic E-state index is 11.8. The summed E-state index contributed by atoms with van der Waals surface area (Å²) in [5.74, 6) is 0.453. The molecule has 0 aliphatic carbocycles.